The molecule has 0 aliphatic carbocycles. The van der Waals surface area contributed by atoms with E-state index in [0.29, 0.717) is 6.54 Å². The normalized spacial score (nSPS) is 22.8. The van der Waals surface area contributed by atoms with Crippen LogP contribution in [0.3, 0.4) is 0 Å². The molecule has 0 spiro atoms. The van der Waals surface area contributed by atoms with Gasteiger partial charge in [0.05, 0.1) is 11.5 Å². The third-order valence-corrected chi connectivity index (χ3v) is 5.56. The molecule has 1 unspecified atom stereocenters. The summed E-state index contributed by atoms with van der Waals surface area (Å²) >= 11 is 0. The van der Waals surface area contributed by atoms with E-state index >= 15 is 0 Å². The van der Waals surface area contributed by atoms with Crippen LogP contribution in [0.25, 0.3) is 0 Å². The maximum Gasteiger partial charge on any atom is 0.153 e. The van der Waals surface area contributed by atoms with Crippen LogP contribution >= 0.6 is 0 Å². The van der Waals surface area contributed by atoms with Crippen LogP contribution in [-0.2, 0) is 22.9 Å². The van der Waals surface area contributed by atoms with Crippen molar-refractivity contribution in [2.24, 2.45) is 0 Å². The minimum absolute atomic E-state index is 0.103. The molecule has 112 valence electrons. The van der Waals surface area contributed by atoms with Gasteiger partial charge in [-0.3, -0.25) is 4.90 Å². The van der Waals surface area contributed by atoms with Crippen LogP contribution in [0.2, 0.25) is 0 Å². The molecule has 0 aromatic heterocycles. The first-order chi connectivity index (χ1) is 9.50. The number of sulfone groups is 1. The quantitative estimate of drug-likeness (QED) is 0.893. The van der Waals surface area contributed by atoms with Crippen LogP contribution in [0, 0.1) is 0 Å². The van der Waals surface area contributed by atoms with E-state index in [1.807, 2.05) is 6.92 Å². The summed E-state index contributed by atoms with van der Waals surface area (Å²) in [4.78, 5) is 2.26. The van der Waals surface area contributed by atoms with Crippen LogP contribution in [-0.4, -0.2) is 44.0 Å². The molecule has 1 aromatic carbocycles. The molecule has 0 bridgehead atoms. The smallest absolute Gasteiger partial charge is 0.153 e. The van der Waals surface area contributed by atoms with Gasteiger partial charge in [0.2, 0.25) is 0 Å². The molecular formula is C15H24N2O2S. The van der Waals surface area contributed by atoms with E-state index in [1.54, 1.807) is 0 Å². The Morgan fingerprint density at radius 1 is 1.35 bits per heavy atom. The lowest BCUT2D eigenvalue weighted by Crippen LogP contribution is -2.46. The van der Waals surface area contributed by atoms with Crippen LogP contribution < -0.4 is 5.32 Å². The molecule has 1 atom stereocenters. The zero-order valence-electron chi connectivity index (χ0n) is 12.3. The highest BCUT2D eigenvalue weighted by Gasteiger charge is 2.27. The van der Waals surface area contributed by atoms with Crippen molar-refractivity contribution < 1.29 is 8.42 Å². The van der Waals surface area contributed by atoms with Crippen LogP contribution in [0.1, 0.15) is 25.0 Å². The molecule has 1 N–H and O–H groups in total. The lowest BCUT2D eigenvalue weighted by atomic mass is 10.1. The fourth-order valence-corrected chi connectivity index (χ4v) is 4.23. The average Bonchev–Trinajstić information content (AvgIpc) is 2.40. The minimum atomic E-state index is -2.83. The summed E-state index contributed by atoms with van der Waals surface area (Å²) in [7, 11) is -2.83. The van der Waals surface area contributed by atoms with Crippen LogP contribution in [0.15, 0.2) is 24.3 Å². The molecule has 1 aliphatic heterocycles. The molecular weight excluding hydrogens is 272 g/mol. The molecule has 5 heteroatoms. The van der Waals surface area contributed by atoms with Gasteiger partial charge in [0.15, 0.2) is 9.84 Å². The van der Waals surface area contributed by atoms with Gasteiger partial charge in [-0.1, -0.05) is 31.2 Å². The van der Waals surface area contributed by atoms with Crippen molar-refractivity contribution in [2.45, 2.75) is 33.0 Å². The molecule has 1 heterocycles. The topological polar surface area (TPSA) is 49.4 Å². The third kappa shape index (κ3) is 4.30. The maximum atomic E-state index is 11.6. The van der Waals surface area contributed by atoms with Gasteiger partial charge in [-0.15, -0.1) is 0 Å². The molecule has 20 heavy (non-hydrogen) atoms. The first-order valence-corrected chi connectivity index (χ1v) is 9.05. The lowest BCUT2D eigenvalue weighted by Gasteiger charge is -2.33. The number of rotatable bonds is 5. The van der Waals surface area contributed by atoms with Gasteiger partial charge >= 0.3 is 0 Å². The van der Waals surface area contributed by atoms with Gasteiger partial charge in [-0.05, 0) is 24.6 Å². The van der Waals surface area contributed by atoms with Crippen molar-refractivity contribution in [2.75, 3.05) is 24.6 Å². The van der Waals surface area contributed by atoms with E-state index in [2.05, 4.69) is 41.4 Å². The summed E-state index contributed by atoms with van der Waals surface area (Å²) < 4.78 is 23.2. The Morgan fingerprint density at radius 2 is 2.10 bits per heavy atom. The Kier molecular flexibility index (Phi) is 5.18. The number of nitrogens with one attached hydrogen (secondary N) is 1. The second-order valence-corrected chi connectivity index (χ2v) is 7.76. The predicted molar refractivity (Wildman–Crippen MR) is 82.3 cm³/mol. The van der Waals surface area contributed by atoms with Crippen molar-refractivity contribution in [1.82, 2.24) is 10.2 Å². The van der Waals surface area contributed by atoms with Gasteiger partial charge in [-0.25, -0.2) is 8.42 Å². The molecule has 1 saturated heterocycles. The van der Waals surface area contributed by atoms with Gasteiger partial charge < -0.3 is 5.32 Å². The van der Waals surface area contributed by atoms with Gasteiger partial charge in [0.1, 0.15) is 0 Å². The zero-order valence-corrected chi connectivity index (χ0v) is 13.1. The predicted octanol–water partition coefficient (Wildman–Crippen LogP) is 1.42. The number of hydrogen-bond acceptors (Lipinski definition) is 4. The highest BCUT2D eigenvalue weighted by molar-refractivity contribution is 7.91. The molecule has 0 saturated carbocycles. The van der Waals surface area contributed by atoms with E-state index in [1.165, 1.54) is 11.1 Å². The number of benzene rings is 1. The van der Waals surface area contributed by atoms with Gasteiger partial charge in [0.25, 0.3) is 0 Å². The summed E-state index contributed by atoms with van der Waals surface area (Å²) in [5.41, 5.74) is 2.54. The standard InChI is InChI=1S/C15H24N2O2S/c1-3-16-10-14-5-4-6-15(9-14)11-17-7-8-20(18,19)12-13(17)2/h4-6,9,13,16H,3,7-8,10-12H2,1-2H3. The van der Waals surface area contributed by atoms with Gasteiger partial charge in [0, 0.05) is 25.7 Å². The largest absolute Gasteiger partial charge is 0.313 e. The summed E-state index contributed by atoms with van der Waals surface area (Å²) in [6.45, 7) is 7.41. The Balaban J connectivity index is 1.99. The second kappa shape index (κ2) is 6.70. The summed E-state index contributed by atoms with van der Waals surface area (Å²) in [6, 6.07) is 8.62. The molecule has 0 radical (unpaired) electrons. The molecule has 0 amide bonds. The fraction of sp³-hybridized carbons (Fsp3) is 0.600. The summed E-state index contributed by atoms with van der Waals surface area (Å²) in [6.07, 6.45) is 0. The fourth-order valence-electron chi connectivity index (χ4n) is 2.61. The average molecular weight is 296 g/mol. The van der Waals surface area contributed by atoms with E-state index in [0.717, 1.165) is 19.6 Å². The zero-order chi connectivity index (χ0) is 14.6. The van der Waals surface area contributed by atoms with E-state index in [4.69, 9.17) is 0 Å². The molecule has 1 aromatic rings. The first kappa shape index (κ1) is 15.5. The Bertz CT molecular complexity index is 543. The van der Waals surface area contributed by atoms with Crippen molar-refractivity contribution in [3.63, 3.8) is 0 Å². The monoisotopic (exact) mass is 296 g/mol. The summed E-state index contributed by atoms with van der Waals surface area (Å²) in [5.74, 6) is 0.568. The molecule has 1 fully saturated rings. The van der Waals surface area contributed by atoms with Crippen LogP contribution in [0.5, 0.6) is 0 Å². The van der Waals surface area contributed by atoms with Crippen molar-refractivity contribution in [3.05, 3.63) is 35.4 Å². The van der Waals surface area contributed by atoms with Crippen molar-refractivity contribution in [1.29, 1.82) is 0 Å². The lowest BCUT2D eigenvalue weighted by molar-refractivity contribution is 0.218. The number of nitrogens with zero attached hydrogens (tertiary/aromatic N) is 1. The van der Waals surface area contributed by atoms with E-state index in [-0.39, 0.29) is 17.5 Å². The second-order valence-electron chi connectivity index (χ2n) is 5.53. The third-order valence-electron chi connectivity index (χ3n) is 3.76. The number of hydrogen-bond donors (Lipinski definition) is 1. The highest BCUT2D eigenvalue weighted by atomic mass is 32.2. The molecule has 4 nitrogen and oxygen atoms in total. The van der Waals surface area contributed by atoms with Crippen LogP contribution in [0.4, 0.5) is 0 Å². The Hall–Kier alpha value is -0.910. The SMILES string of the molecule is CCNCc1cccc(CN2CCS(=O)(=O)CC2C)c1. The minimum Gasteiger partial charge on any atom is -0.313 e. The first-order valence-electron chi connectivity index (χ1n) is 7.23. The van der Waals surface area contributed by atoms with Crippen molar-refractivity contribution >= 4 is 9.84 Å². The van der Waals surface area contributed by atoms with E-state index in [9.17, 15) is 8.42 Å². The summed E-state index contributed by atoms with van der Waals surface area (Å²) in [5, 5.41) is 3.32. The Labute approximate surface area is 122 Å². The van der Waals surface area contributed by atoms with Crippen molar-refractivity contribution in [3.8, 4) is 0 Å². The van der Waals surface area contributed by atoms with Gasteiger partial charge in [-0.2, -0.15) is 0 Å². The highest BCUT2D eigenvalue weighted by Crippen LogP contribution is 2.16. The maximum absolute atomic E-state index is 11.6. The molecule has 1 aliphatic rings. The Morgan fingerprint density at radius 3 is 2.80 bits per heavy atom. The van der Waals surface area contributed by atoms with E-state index < -0.39 is 9.84 Å². The molecule has 2 rings (SSSR count).